The van der Waals surface area contributed by atoms with Crippen molar-refractivity contribution in [2.45, 2.75) is 25.3 Å². The first-order valence-electron chi connectivity index (χ1n) is 5.88. The van der Waals surface area contributed by atoms with Crippen LogP contribution >= 0.6 is 0 Å². The minimum atomic E-state index is -0.407. The average molecular weight is 247 g/mol. The number of likely N-dealkylation sites (N-methyl/N-ethyl adjacent to an activating group) is 1. The van der Waals surface area contributed by atoms with Crippen molar-refractivity contribution in [3.63, 3.8) is 0 Å². The number of benzene rings is 1. The van der Waals surface area contributed by atoms with Gasteiger partial charge in [-0.2, -0.15) is 0 Å². The van der Waals surface area contributed by atoms with Gasteiger partial charge in [-0.25, -0.2) is 0 Å². The zero-order chi connectivity index (χ0) is 13.3. The maximum Gasteiger partial charge on any atom is 0.230 e. The Morgan fingerprint density at radius 1 is 1.56 bits per heavy atom. The van der Waals surface area contributed by atoms with Gasteiger partial charge in [0.15, 0.2) is 5.84 Å². The molecule has 0 bridgehead atoms. The highest BCUT2D eigenvalue weighted by Gasteiger charge is 2.35. The van der Waals surface area contributed by atoms with Crippen molar-refractivity contribution >= 4 is 11.7 Å². The Balaban J connectivity index is 2.11. The quantitative estimate of drug-likeness (QED) is 0.361. The lowest BCUT2D eigenvalue weighted by atomic mass is 9.77. The first kappa shape index (κ1) is 12.4. The zero-order valence-corrected chi connectivity index (χ0v) is 10.5. The smallest absolute Gasteiger partial charge is 0.230 e. The first-order chi connectivity index (χ1) is 8.56. The predicted octanol–water partition coefficient (Wildman–Crippen LogP) is 0.920. The van der Waals surface area contributed by atoms with Crippen molar-refractivity contribution in [3.05, 3.63) is 35.4 Å². The van der Waals surface area contributed by atoms with Crippen LogP contribution in [0.25, 0.3) is 0 Å². The standard InChI is InChI=1S/C13H17N3O2/c1-8(12(14)15-18)16(2)13(17)11-7-9-5-3-4-6-10(9)11/h3-6,8,11,18H,7H2,1-2H3,(H2,14,15). The average Bonchev–Trinajstić information content (AvgIpc) is 2.37. The van der Waals surface area contributed by atoms with Crippen LogP contribution in [0.4, 0.5) is 0 Å². The van der Waals surface area contributed by atoms with Gasteiger partial charge in [0.05, 0.1) is 12.0 Å². The molecule has 0 heterocycles. The molecule has 0 spiro atoms. The molecule has 1 aliphatic carbocycles. The summed E-state index contributed by atoms with van der Waals surface area (Å²) in [6, 6.07) is 7.51. The normalized spacial score (nSPS) is 19.7. The maximum absolute atomic E-state index is 12.3. The third-order valence-corrected chi connectivity index (χ3v) is 3.62. The van der Waals surface area contributed by atoms with Crippen LogP contribution in [-0.2, 0) is 11.2 Å². The molecule has 5 heteroatoms. The Kier molecular flexibility index (Phi) is 3.23. The lowest BCUT2D eigenvalue weighted by Gasteiger charge is -2.34. The Hall–Kier alpha value is -2.04. The molecule has 1 aliphatic rings. The summed E-state index contributed by atoms with van der Waals surface area (Å²) in [6.45, 7) is 1.73. The molecule has 96 valence electrons. The number of amidine groups is 1. The third kappa shape index (κ3) is 1.92. The molecule has 1 amide bonds. The van der Waals surface area contributed by atoms with E-state index in [2.05, 4.69) is 5.16 Å². The number of hydrogen-bond donors (Lipinski definition) is 2. The molecule has 0 saturated heterocycles. The van der Waals surface area contributed by atoms with Gasteiger partial charge in [0.1, 0.15) is 0 Å². The molecular weight excluding hydrogens is 230 g/mol. The van der Waals surface area contributed by atoms with E-state index in [4.69, 9.17) is 10.9 Å². The van der Waals surface area contributed by atoms with Gasteiger partial charge in [0.2, 0.25) is 5.91 Å². The SMILES string of the molecule is CC(C(N)=NO)N(C)C(=O)C1Cc2ccccc21. The van der Waals surface area contributed by atoms with Crippen molar-refractivity contribution in [1.82, 2.24) is 4.90 Å². The molecule has 2 rings (SSSR count). The minimum Gasteiger partial charge on any atom is -0.409 e. The van der Waals surface area contributed by atoms with E-state index < -0.39 is 6.04 Å². The van der Waals surface area contributed by atoms with Gasteiger partial charge < -0.3 is 15.8 Å². The molecule has 0 saturated carbocycles. The Morgan fingerprint density at radius 3 is 2.83 bits per heavy atom. The van der Waals surface area contributed by atoms with Gasteiger partial charge in [0.25, 0.3) is 0 Å². The van der Waals surface area contributed by atoms with Crippen LogP contribution < -0.4 is 5.73 Å². The maximum atomic E-state index is 12.3. The number of carbonyl (C=O) groups is 1. The summed E-state index contributed by atoms with van der Waals surface area (Å²) in [4.78, 5) is 13.8. The second kappa shape index (κ2) is 4.68. The highest BCUT2D eigenvalue weighted by atomic mass is 16.4. The second-order valence-electron chi connectivity index (χ2n) is 4.61. The molecular formula is C13H17N3O2. The fourth-order valence-electron chi connectivity index (χ4n) is 2.20. The molecule has 0 radical (unpaired) electrons. The number of fused-ring (bicyclic) bond motifs is 1. The third-order valence-electron chi connectivity index (χ3n) is 3.62. The molecule has 1 aromatic rings. The van der Waals surface area contributed by atoms with Crippen molar-refractivity contribution in [2.75, 3.05) is 7.05 Å². The summed E-state index contributed by atoms with van der Waals surface area (Å²) >= 11 is 0. The lowest BCUT2D eigenvalue weighted by Crippen LogP contribution is -2.47. The predicted molar refractivity (Wildman–Crippen MR) is 68.5 cm³/mol. The molecule has 5 nitrogen and oxygen atoms in total. The van der Waals surface area contributed by atoms with Crippen molar-refractivity contribution < 1.29 is 10.0 Å². The number of nitrogens with zero attached hydrogens (tertiary/aromatic N) is 2. The largest absolute Gasteiger partial charge is 0.409 e. The number of amides is 1. The molecule has 0 fully saturated rings. The highest BCUT2D eigenvalue weighted by molar-refractivity contribution is 5.93. The summed E-state index contributed by atoms with van der Waals surface area (Å²) in [6.07, 6.45) is 0.766. The van der Waals surface area contributed by atoms with Crippen LogP contribution in [0.3, 0.4) is 0 Å². The highest BCUT2D eigenvalue weighted by Crippen LogP contribution is 2.36. The van der Waals surface area contributed by atoms with E-state index in [1.807, 2.05) is 24.3 Å². The second-order valence-corrected chi connectivity index (χ2v) is 4.61. The number of nitrogens with two attached hydrogens (primary N) is 1. The van der Waals surface area contributed by atoms with E-state index >= 15 is 0 Å². The number of carbonyl (C=O) groups excluding carboxylic acids is 1. The van der Waals surface area contributed by atoms with Crippen LogP contribution in [0.2, 0.25) is 0 Å². The Bertz CT molecular complexity index is 499. The van der Waals surface area contributed by atoms with E-state index in [0.717, 1.165) is 12.0 Å². The van der Waals surface area contributed by atoms with Crippen LogP contribution in [0.5, 0.6) is 0 Å². The van der Waals surface area contributed by atoms with Gasteiger partial charge in [-0.05, 0) is 24.5 Å². The molecule has 0 aliphatic heterocycles. The van der Waals surface area contributed by atoms with Crippen molar-refractivity contribution in [2.24, 2.45) is 10.9 Å². The molecule has 1 aromatic carbocycles. The monoisotopic (exact) mass is 247 g/mol. The van der Waals surface area contributed by atoms with Crippen molar-refractivity contribution in [3.8, 4) is 0 Å². The molecule has 18 heavy (non-hydrogen) atoms. The van der Waals surface area contributed by atoms with Crippen LogP contribution in [0, 0.1) is 0 Å². The zero-order valence-electron chi connectivity index (χ0n) is 10.5. The van der Waals surface area contributed by atoms with Gasteiger partial charge in [0, 0.05) is 7.05 Å². The van der Waals surface area contributed by atoms with E-state index in [1.54, 1.807) is 14.0 Å². The molecule has 2 unspecified atom stereocenters. The van der Waals surface area contributed by atoms with E-state index in [0.29, 0.717) is 0 Å². The van der Waals surface area contributed by atoms with E-state index in [-0.39, 0.29) is 17.7 Å². The summed E-state index contributed by atoms with van der Waals surface area (Å²) in [5.41, 5.74) is 7.82. The fourth-order valence-corrected chi connectivity index (χ4v) is 2.20. The van der Waals surface area contributed by atoms with Crippen LogP contribution in [-0.4, -0.2) is 34.9 Å². The summed E-state index contributed by atoms with van der Waals surface area (Å²) in [5.74, 6) is -0.0496. The van der Waals surface area contributed by atoms with E-state index in [1.165, 1.54) is 10.5 Å². The topological polar surface area (TPSA) is 78.9 Å². The van der Waals surface area contributed by atoms with Crippen molar-refractivity contribution in [1.29, 1.82) is 0 Å². The lowest BCUT2D eigenvalue weighted by molar-refractivity contribution is -0.132. The summed E-state index contributed by atoms with van der Waals surface area (Å²) in [5, 5.41) is 11.6. The summed E-state index contributed by atoms with van der Waals surface area (Å²) < 4.78 is 0. The number of hydrogen-bond acceptors (Lipinski definition) is 3. The van der Waals surface area contributed by atoms with Gasteiger partial charge in [-0.15, -0.1) is 0 Å². The fraction of sp³-hybridized carbons (Fsp3) is 0.385. The molecule has 3 N–H and O–H groups in total. The number of oxime groups is 1. The van der Waals surface area contributed by atoms with Crippen LogP contribution in [0.1, 0.15) is 24.0 Å². The van der Waals surface area contributed by atoms with Gasteiger partial charge in [-0.3, -0.25) is 4.79 Å². The van der Waals surface area contributed by atoms with Gasteiger partial charge >= 0.3 is 0 Å². The number of rotatable bonds is 3. The summed E-state index contributed by atoms with van der Waals surface area (Å²) in [7, 11) is 1.67. The first-order valence-corrected chi connectivity index (χ1v) is 5.88. The van der Waals surface area contributed by atoms with Crippen LogP contribution in [0.15, 0.2) is 29.4 Å². The molecule has 0 aromatic heterocycles. The Morgan fingerprint density at radius 2 is 2.22 bits per heavy atom. The van der Waals surface area contributed by atoms with E-state index in [9.17, 15) is 4.79 Å². The molecule has 2 atom stereocenters. The minimum absolute atomic E-state index is 0.00722. The Labute approximate surface area is 106 Å². The van der Waals surface area contributed by atoms with Gasteiger partial charge in [-0.1, -0.05) is 29.4 Å².